The van der Waals surface area contributed by atoms with Crippen LogP contribution < -0.4 is 5.73 Å². The Hall–Kier alpha value is -0.580. The van der Waals surface area contributed by atoms with E-state index in [9.17, 15) is 0 Å². The first-order valence-electron chi connectivity index (χ1n) is 7.40. The Morgan fingerprint density at radius 3 is 3.11 bits per heavy atom. The molecule has 5 heteroatoms. The Kier molecular flexibility index (Phi) is 5.67. The average Bonchev–Trinajstić information content (AvgIpc) is 2.58. The number of nitrogens with zero attached hydrogens (tertiary/aromatic N) is 2. The molecule has 0 aliphatic carbocycles. The predicted octanol–water partition coefficient (Wildman–Crippen LogP) is 2.72. The minimum atomic E-state index is 0.295. The van der Waals surface area contributed by atoms with Crippen LogP contribution in [0, 0.1) is 0 Å². The summed E-state index contributed by atoms with van der Waals surface area (Å²) in [6.07, 6.45) is 6.90. The van der Waals surface area contributed by atoms with E-state index in [0.29, 0.717) is 11.2 Å². The van der Waals surface area contributed by atoms with Crippen LogP contribution in [0.15, 0.2) is 0 Å². The third kappa shape index (κ3) is 4.48. The van der Waals surface area contributed by atoms with Gasteiger partial charge in [-0.1, -0.05) is 31.4 Å². The number of imidazole rings is 1. The molecule has 0 amide bonds. The second kappa shape index (κ2) is 7.27. The number of nitrogens with one attached hydrogen (secondary N) is 1. The SMILES string of the molecule is CCCCc1nc(Cl)c(CN2CCCC[C@@H](N)C2)[nH]1. The number of likely N-dealkylation sites (tertiary alicyclic amines) is 1. The van der Waals surface area contributed by atoms with Crippen molar-refractivity contribution in [2.24, 2.45) is 5.73 Å². The fraction of sp³-hybridized carbons (Fsp3) is 0.786. The summed E-state index contributed by atoms with van der Waals surface area (Å²) >= 11 is 6.22. The zero-order chi connectivity index (χ0) is 13.7. The van der Waals surface area contributed by atoms with Gasteiger partial charge in [0.1, 0.15) is 5.82 Å². The molecule has 4 nitrogen and oxygen atoms in total. The lowest BCUT2D eigenvalue weighted by atomic mass is 10.2. The van der Waals surface area contributed by atoms with Gasteiger partial charge in [0.25, 0.3) is 0 Å². The van der Waals surface area contributed by atoms with Gasteiger partial charge in [0.15, 0.2) is 5.15 Å². The van der Waals surface area contributed by atoms with Crippen LogP contribution in [0.2, 0.25) is 5.15 Å². The molecule has 1 saturated heterocycles. The highest BCUT2D eigenvalue weighted by molar-refractivity contribution is 6.30. The number of aryl methyl sites for hydroxylation is 1. The van der Waals surface area contributed by atoms with Gasteiger partial charge in [-0.3, -0.25) is 4.90 Å². The van der Waals surface area contributed by atoms with E-state index in [1.165, 1.54) is 19.3 Å². The lowest BCUT2D eigenvalue weighted by Crippen LogP contribution is -2.35. The third-order valence-electron chi connectivity index (χ3n) is 3.72. The summed E-state index contributed by atoms with van der Waals surface area (Å²) < 4.78 is 0. The van der Waals surface area contributed by atoms with Gasteiger partial charge in [-0.2, -0.15) is 0 Å². The highest BCUT2D eigenvalue weighted by Crippen LogP contribution is 2.18. The van der Waals surface area contributed by atoms with Gasteiger partial charge >= 0.3 is 0 Å². The van der Waals surface area contributed by atoms with Crippen molar-refractivity contribution in [3.8, 4) is 0 Å². The molecule has 1 fully saturated rings. The molecule has 0 aromatic carbocycles. The first-order valence-corrected chi connectivity index (χ1v) is 7.78. The minimum Gasteiger partial charge on any atom is -0.344 e. The number of rotatable bonds is 5. The molecule has 1 aromatic rings. The van der Waals surface area contributed by atoms with Crippen LogP contribution in [0.4, 0.5) is 0 Å². The van der Waals surface area contributed by atoms with Crippen molar-refractivity contribution in [1.82, 2.24) is 14.9 Å². The van der Waals surface area contributed by atoms with Crippen molar-refractivity contribution in [2.75, 3.05) is 13.1 Å². The first kappa shape index (κ1) is 14.8. The number of H-pyrrole nitrogens is 1. The van der Waals surface area contributed by atoms with E-state index < -0.39 is 0 Å². The Morgan fingerprint density at radius 1 is 1.47 bits per heavy atom. The van der Waals surface area contributed by atoms with Crippen molar-refractivity contribution in [1.29, 1.82) is 0 Å². The highest BCUT2D eigenvalue weighted by atomic mass is 35.5. The lowest BCUT2D eigenvalue weighted by Gasteiger charge is -2.21. The van der Waals surface area contributed by atoms with Crippen molar-refractivity contribution in [3.63, 3.8) is 0 Å². The van der Waals surface area contributed by atoms with Crippen LogP contribution in [0.5, 0.6) is 0 Å². The number of unbranched alkanes of at least 4 members (excludes halogenated alkanes) is 1. The van der Waals surface area contributed by atoms with Gasteiger partial charge in [-0.05, 0) is 25.8 Å². The third-order valence-corrected chi connectivity index (χ3v) is 4.03. The molecule has 2 rings (SSSR count). The van der Waals surface area contributed by atoms with Crippen LogP contribution in [0.3, 0.4) is 0 Å². The maximum atomic E-state index is 6.22. The molecule has 3 N–H and O–H groups in total. The quantitative estimate of drug-likeness (QED) is 0.874. The summed E-state index contributed by atoms with van der Waals surface area (Å²) in [6, 6.07) is 0.295. The van der Waals surface area contributed by atoms with E-state index >= 15 is 0 Å². The van der Waals surface area contributed by atoms with Crippen LogP contribution in [-0.4, -0.2) is 34.0 Å². The van der Waals surface area contributed by atoms with Crippen LogP contribution in [0.1, 0.15) is 50.5 Å². The van der Waals surface area contributed by atoms with Gasteiger partial charge in [-0.25, -0.2) is 4.98 Å². The molecule has 2 heterocycles. The number of aromatic nitrogens is 2. The largest absolute Gasteiger partial charge is 0.344 e. The number of aromatic amines is 1. The zero-order valence-electron chi connectivity index (χ0n) is 11.8. The molecule has 19 heavy (non-hydrogen) atoms. The maximum Gasteiger partial charge on any atom is 0.151 e. The normalized spacial score (nSPS) is 21.5. The van der Waals surface area contributed by atoms with Crippen molar-refractivity contribution in [3.05, 3.63) is 16.7 Å². The number of hydrogen-bond donors (Lipinski definition) is 2. The fourth-order valence-electron chi connectivity index (χ4n) is 2.63. The van der Waals surface area contributed by atoms with E-state index in [0.717, 1.165) is 50.4 Å². The Bertz CT molecular complexity index is 391. The smallest absolute Gasteiger partial charge is 0.151 e. The van der Waals surface area contributed by atoms with Crippen molar-refractivity contribution in [2.45, 2.75) is 58.0 Å². The summed E-state index contributed by atoms with van der Waals surface area (Å²) in [5.74, 6) is 1.01. The minimum absolute atomic E-state index is 0.295. The average molecular weight is 285 g/mol. The van der Waals surface area contributed by atoms with E-state index in [4.69, 9.17) is 17.3 Å². The van der Waals surface area contributed by atoms with Gasteiger partial charge in [0, 0.05) is 25.6 Å². The molecule has 0 saturated carbocycles. The monoisotopic (exact) mass is 284 g/mol. The Balaban J connectivity index is 1.95. The number of hydrogen-bond acceptors (Lipinski definition) is 3. The van der Waals surface area contributed by atoms with E-state index in [1.54, 1.807) is 0 Å². The molecular formula is C14H25ClN4. The molecule has 0 spiro atoms. The Labute approximate surface area is 120 Å². The van der Waals surface area contributed by atoms with Crippen LogP contribution >= 0.6 is 11.6 Å². The highest BCUT2D eigenvalue weighted by Gasteiger charge is 2.17. The predicted molar refractivity (Wildman–Crippen MR) is 79.3 cm³/mol. The van der Waals surface area contributed by atoms with Crippen LogP contribution in [-0.2, 0) is 13.0 Å². The van der Waals surface area contributed by atoms with Crippen LogP contribution in [0.25, 0.3) is 0 Å². The summed E-state index contributed by atoms with van der Waals surface area (Å²) in [6.45, 7) is 5.09. The van der Waals surface area contributed by atoms with Crippen molar-refractivity contribution >= 4 is 11.6 Å². The zero-order valence-corrected chi connectivity index (χ0v) is 12.5. The second-order valence-corrected chi connectivity index (χ2v) is 5.91. The standard InChI is InChI=1S/C14H25ClN4/c1-2-3-7-13-17-12(14(15)18-13)10-19-8-5-4-6-11(16)9-19/h11H,2-10,16H2,1H3,(H,17,18)/t11-/m1/s1. The summed E-state index contributed by atoms with van der Waals surface area (Å²) in [5, 5.41) is 0.629. The molecule has 1 aliphatic heterocycles. The fourth-order valence-corrected chi connectivity index (χ4v) is 2.84. The van der Waals surface area contributed by atoms with Gasteiger partial charge in [0.05, 0.1) is 5.69 Å². The van der Waals surface area contributed by atoms with Gasteiger partial charge < -0.3 is 10.7 Å². The second-order valence-electron chi connectivity index (χ2n) is 5.55. The lowest BCUT2D eigenvalue weighted by molar-refractivity contribution is 0.262. The summed E-state index contributed by atoms with van der Waals surface area (Å²) in [4.78, 5) is 10.2. The topological polar surface area (TPSA) is 57.9 Å². The molecule has 0 bridgehead atoms. The maximum absolute atomic E-state index is 6.22. The number of halogens is 1. The summed E-state index contributed by atoms with van der Waals surface area (Å²) in [5.41, 5.74) is 7.13. The van der Waals surface area contributed by atoms with E-state index in [1.807, 2.05) is 0 Å². The molecule has 1 atom stereocenters. The van der Waals surface area contributed by atoms with Gasteiger partial charge in [0.2, 0.25) is 0 Å². The molecule has 1 aliphatic rings. The molecule has 0 radical (unpaired) electrons. The molecule has 1 aromatic heterocycles. The van der Waals surface area contributed by atoms with Gasteiger partial charge in [-0.15, -0.1) is 0 Å². The Morgan fingerprint density at radius 2 is 2.32 bits per heavy atom. The van der Waals surface area contributed by atoms with E-state index in [-0.39, 0.29) is 0 Å². The summed E-state index contributed by atoms with van der Waals surface area (Å²) in [7, 11) is 0. The van der Waals surface area contributed by atoms with E-state index in [2.05, 4.69) is 21.8 Å². The number of nitrogens with two attached hydrogens (primary N) is 1. The molecular weight excluding hydrogens is 260 g/mol. The molecule has 0 unspecified atom stereocenters. The van der Waals surface area contributed by atoms with Crippen molar-refractivity contribution < 1.29 is 0 Å². The first-order chi connectivity index (χ1) is 9.19. The molecule has 108 valence electrons.